The molecule has 2 heteroatoms. The minimum atomic E-state index is 0.205. The Labute approximate surface area is 127 Å². The van der Waals surface area contributed by atoms with Gasteiger partial charge in [0.15, 0.2) is 0 Å². The quantitative estimate of drug-likeness (QED) is 0.827. The molecule has 21 heavy (non-hydrogen) atoms. The van der Waals surface area contributed by atoms with Crippen LogP contribution in [0.5, 0.6) is 5.75 Å². The van der Waals surface area contributed by atoms with Crippen LogP contribution in [-0.2, 0) is 12.0 Å². The van der Waals surface area contributed by atoms with E-state index in [0.717, 1.165) is 18.8 Å². The number of nitrogens with zero attached hydrogens (tertiary/aromatic N) is 1. The van der Waals surface area contributed by atoms with Crippen molar-refractivity contribution in [3.05, 3.63) is 59.7 Å². The summed E-state index contributed by atoms with van der Waals surface area (Å²) in [5.74, 6) is 0.983. The molecule has 0 aliphatic carbocycles. The molecule has 0 amide bonds. The molecule has 0 aromatic heterocycles. The fraction of sp³-hybridized carbons (Fsp3) is 0.368. The Morgan fingerprint density at radius 2 is 1.81 bits per heavy atom. The van der Waals surface area contributed by atoms with Crippen molar-refractivity contribution in [2.24, 2.45) is 0 Å². The number of rotatable bonds is 3. The molecule has 1 aliphatic heterocycles. The molecule has 0 N–H and O–H groups in total. The Hall–Kier alpha value is -1.96. The van der Waals surface area contributed by atoms with E-state index >= 15 is 0 Å². The zero-order chi connectivity index (χ0) is 14.9. The zero-order valence-electron chi connectivity index (χ0n) is 13.1. The summed E-state index contributed by atoms with van der Waals surface area (Å²) < 4.78 is 5.63. The van der Waals surface area contributed by atoms with E-state index in [-0.39, 0.29) is 5.41 Å². The van der Waals surface area contributed by atoms with Crippen molar-refractivity contribution in [2.75, 3.05) is 18.6 Å². The smallest absolute Gasteiger partial charge is 0.142 e. The summed E-state index contributed by atoms with van der Waals surface area (Å²) in [7, 11) is 1.76. The lowest BCUT2D eigenvalue weighted by molar-refractivity contribution is 0.399. The molecular weight excluding hydrogens is 258 g/mol. The summed E-state index contributed by atoms with van der Waals surface area (Å²) in [6, 6.07) is 17.1. The average Bonchev–Trinajstić information content (AvgIpc) is 2.51. The van der Waals surface area contributed by atoms with E-state index in [1.165, 1.54) is 23.2 Å². The van der Waals surface area contributed by atoms with Gasteiger partial charge in [0.2, 0.25) is 0 Å². The maximum atomic E-state index is 5.63. The summed E-state index contributed by atoms with van der Waals surface area (Å²) in [5.41, 5.74) is 4.20. The van der Waals surface area contributed by atoms with Crippen LogP contribution in [0.15, 0.2) is 48.5 Å². The molecule has 0 unspecified atom stereocenters. The minimum absolute atomic E-state index is 0.205. The first-order valence-electron chi connectivity index (χ1n) is 7.58. The molecule has 0 spiro atoms. The first-order chi connectivity index (χ1) is 10.1. The molecular formula is C19H23NO. The molecule has 1 aliphatic rings. The van der Waals surface area contributed by atoms with Crippen molar-refractivity contribution in [3.63, 3.8) is 0 Å². The number of para-hydroxylation sites is 1. The number of benzene rings is 2. The first kappa shape index (κ1) is 14.0. The van der Waals surface area contributed by atoms with Crippen molar-refractivity contribution in [1.29, 1.82) is 0 Å². The lowest BCUT2D eigenvalue weighted by atomic mass is 9.77. The molecule has 3 rings (SSSR count). The van der Waals surface area contributed by atoms with Crippen LogP contribution in [0, 0.1) is 0 Å². The Morgan fingerprint density at radius 3 is 2.52 bits per heavy atom. The molecule has 2 aromatic carbocycles. The number of methoxy groups -OCH3 is 1. The van der Waals surface area contributed by atoms with Crippen molar-refractivity contribution in [2.45, 2.75) is 32.2 Å². The number of ether oxygens (including phenoxy) is 1. The molecule has 0 radical (unpaired) electrons. The van der Waals surface area contributed by atoms with Gasteiger partial charge in [-0.2, -0.15) is 0 Å². The van der Waals surface area contributed by atoms with Crippen LogP contribution in [0.25, 0.3) is 0 Å². The standard InChI is InChI=1S/C19H23NO/c1-19(2)12-13-20(14-15-8-5-4-6-9-15)18-16(19)10-7-11-17(18)21-3/h4-11H,12-14H2,1-3H3. The second-order valence-electron chi connectivity index (χ2n) is 6.40. The van der Waals surface area contributed by atoms with Gasteiger partial charge in [-0.1, -0.05) is 56.3 Å². The Morgan fingerprint density at radius 1 is 1.05 bits per heavy atom. The number of hydrogen-bond donors (Lipinski definition) is 0. The van der Waals surface area contributed by atoms with Crippen molar-refractivity contribution < 1.29 is 4.74 Å². The van der Waals surface area contributed by atoms with Crippen LogP contribution in [-0.4, -0.2) is 13.7 Å². The topological polar surface area (TPSA) is 12.5 Å². The van der Waals surface area contributed by atoms with Gasteiger partial charge in [0.25, 0.3) is 0 Å². The summed E-state index contributed by atoms with van der Waals surface area (Å²) in [6.45, 7) is 6.65. The van der Waals surface area contributed by atoms with Gasteiger partial charge in [0.05, 0.1) is 12.8 Å². The Kier molecular flexibility index (Phi) is 3.62. The lowest BCUT2D eigenvalue weighted by Gasteiger charge is -2.41. The van der Waals surface area contributed by atoms with Gasteiger partial charge in [-0.15, -0.1) is 0 Å². The maximum absolute atomic E-state index is 5.63. The molecule has 2 aromatic rings. The highest BCUT2D eigenvalue weighted by atomic mass is 16.5. The lowest BCUT2D eigenvalue weighted by Crippen LogP contribution is -2.37. The van der Waals surface area contributed by atoms with E-state index in [1.807, 2.05) is 0 Å². The zero-order valence-corrected chi connectivity index (χ0v) is 13.1. The third-order valence-electron chi connectivity index (χ3n) is 4.49. The highest BCUT2D eigenvalue weighted by Gasteiger charge is 2.33. The van der Waals surface area contributed by atoms with E-state index in [2.05, 4.69) is 67.3 Å². The van der Waals surface area contributed by atoms with Crippen LogP contribution in [0.2, 0.25) is 0 Å². The molecule has 0 fully saturated rings. The molecule has 1 heterocycles. The average molecular weight is 281 g/mol. The van der Waals surface area contributed by atoms with Crippen LogP contribution in [0.3, 0.4) is 0 Å². The Balaban J connectivity index is 2.02. The molecule has 0 atom stereocenters. The van der Waals surface area contributed by atoms with Crippen LogP contribution in [0.4, 0.5) is 5.69 Å². The van der Waals surface area contributed by atoms with Crippen LogP contribution < -0.4 is 9.64 Å². The number of hydrogen-bond acceptors (Lipinski definition) is 2. The van der Waals surface area contributed by atoms with Crippen LogP contribution in [0.1, 0.15) is 31.4 Å². The van der Waals surface area contributed by atoms with Crippen molar-refractivity contribution >= 4 is 5.69 Å². The second-order valence-corrected chi connectivity index (χ2v) is 6.40. The fourth-order valence-corrected chi connectivity index (χ4v) is 3.18. The van der Waals surface area contributed by atoms with Gasteiger partial charge < -0.3 is 9.64 Å². The fourth-order valence-electron chi connectivity index (χ4n) is 3.18. The summed E-state index contributed by atoms with van der Waals surface area (Å²) in [4.78, 5) is 2.45. The van der Waals surface area contributed by atoms with Gasteiger partial charge in [0, 0.05) is 13.1 Å². The van der Waals surface area contributed by atoms with Gasteiger partial charge >= 0.3 is 0 Å². The van der Waals surface area contributed by atoms with E-state index in [9.17, 15) is 0 Å². The predicted octanol–water partition coefficient (Wildman–Crippen LogP) is 4.38. The van der Waals surface area contributed by atoms with Gasteiger partial charge in [-0.05, 0) is 29.0 Å². The second kappa shape index (κ2) is 5.44. The van der Waals surface area contributed by atoms with E-state index in [0.29, 0.717) is 0 Å². The first-order valence-corrected chi connectivity index (χ1v) is 7.58. The molecule has 0 saturated carbocycles. The van der Waals surface area contributed by atoms with Crippen molar-refractivity contribution in [3.8, 4) is 5.75 Å². The van der Waals surface area contributed by atoms with Crippen molar-refractivity contribution in [1.82, 2.24) is 0 Å². The van der Waals surface area contributed by atoms with E-state index in [4.69, 9.17) is 4.74 Å². The molecule has 0 bridgehead atoms. The molecule has 0 saturated heterocycles. The third-order valence-corrected chi connectivity index (χ3v) is 4.49. The highest BCUT2D eigenvalue weighted by Crippen LogP contribution is 2.44. The monoisotopic (exact) mass is 281 g/mol. The minimum Gasteiger partial charge on any atom is -0.495 e. The van der Waals surface area contributed by atoms with Gasteiger partial charge in [0.1, 0.15) is 5.75 Å². The van der Waals surface area contributed by atoms with Gasteiger partial charge in [-0.25, -0.2) is 0 Å². The summed E-state index contributed by atoms with van der Waals surface area (Å²) >= 11 is 0. The van der Waals surface area contributed by atoms with E-state index < -0.39 is 0 Å². The summed E-state index contributed by atoms with van der Waals surface area (Å²) in [5, 5.41) is 0. The largest absolute Gasteiger partial charge is 0.495 e. The maximum Gasteiger partial charge on any atom is 0.142 e. The third kappa shape index (κ3) is 2.63. The number of fused-ring (bicyclic) bond motifs is 1. The highest BCUT2D eigenvalue weighted by molar-refractivity contribution is 5.67. The predicted molar refractivity (Wildman–Crippen MR) is 88.1 cm³/mol. The molecule has 2 nitrogen and oxygen atoms in total. The molecule has 110 valence electrons. The van der Waals surface area contributed by atoms with Crippen LogP contribution >= 0.6 is 0 Å². The SMILES string of the molecule is COc1cccc2c1N(Cc1ccccc1)CCC2(C)C. The normalized spacial score (nSPS) is 16.4. The Bertz CT molecular complexity index is 619. The number of anilines is 1. The van der Waals surface area contributed by atoms with E-state index in [1.54, 1.807) is 7.11 Å². The summed E-state index contributed by atoms with van der Waals surface area (Å²) in [6.07, 6.45) is 1.17. The van der Waals surface area contributed by atoms with Gasteiger partial charge in [-0.3, -0.25) is 0 Å².